The van der Waals surface area contributed by atoms with Gasteiger partial charge in [-0.25, -0.2) is 4.98 Å². The van der Waals surface area contributed by atoms with Crippen LogP contribution in [0.2, 0.25) is 0 Å². The van der Waals surface area contributed by atoms with E-state index in [1.165, 1.54) is 0 Å². The SMILES string of the molecule is CSCCC(NC(=O)CCn1cnc2ccccc21)c1nnc2ccccn12. The second-order valence-electron chi connectivity index (χ2n) is 6.57. The number of aromatic nitrogens is 5. The molecular formula is C20H22N6OS. The summed E-state index contributed by atoms with van der Waals surface area (Å²) < 4.78 is 3.95. The van der Waals surface area contributed by atoms with Crippen LogP contribution in [-0.2, 0) is 11.3 Å². The summed E-state index contributed by atoms with van der Waals surface area (Å²) in [5.74, 6) is 1.70. The molecule has 0 saturated carbocycles. The number of rotatable bonds is 8. The van der Waals surface area contributed by atoms with Gasteiger partial charge in [0.1, 0.15) is 0 Å². The highest BCUT2D eigenvalue weighted by atomic mass is 32.2. The molecule has 0 aliphatic carbocycles. The highest BCUT2D eigenvalue weighted by Gasteiger charge is 2.20. The molecule has 0 radical (unpaired) electrons. The first-order chi connectivity index (χ1) is 13.8. The van der Waals surface area contributed by atoms with Crippen LogP contribution in [0.25, 0.3) is 16.7 Å². The normalized spacial score (nSPS) is 12.5. The molecule has 4 rings (SSSR count). The molecule has 4 aromatic rings. The number of imidazole rings is 1. The van der Waals surface area contributed by atoms with Gasteiger partial charge in [0.15, 0.2) is 11.5 Å². The van der Waals surface area contributed by atoms with E-state index in [9.17, 15) is 4.79 Å². The Morgan fingerprint density at radius 3 is 2.93 bits per heavy atom. The molecule has 1 amide bonds. The Hall–Kier alpha value is -2.87. The summed E-state index contributed by atoms with van der Waals surface area (Å²) in [6.45, 7) is 0.585. The van der Waals surface area contributed by atoms with Crippen LogP contribution in [0, 0.1) is 0 Å². The number of pyridine rings is 1. The maximum absolute atomic E-state index is 12.7. The number of carbonyl (C=O) groups is 1. The van der Waals surface area contributed by atoms with Gasteiger partial charge < -0.3 is 9.88 Å². The van der Waals surface area contributed by atoms with E-state index in [0.717, 1.165) is 34.7 Å². The standard InChI is InChI=1S/C20H22N6OS/c1-28-13-10-16(20-24-23-18-8-4-5-11-26(18)20)22-19(27)9-12-25-14-21-15-6-2-3-7-17(15)25/h2-8,11,14,16H,9-10,12-13H2,1H3,(H,22,27). The molecular weight excluding hydrogens is 372 g/mol. The summed E-state index contributed by atoms with van der Waals surface area (Å²) in [4.78, 5) is 17.0. The number of aryl methyl sites for hydroxylation is 1. The van der Waals surface area contributed by atoms with E-state index in [0.29, 0.717) is 13.0 Å². The molecule has 144 valence electrons. The van der Waals surface area contributed by atoms with Crippen LogP contribution in [0.3, 0.4) is 0 Å². The van der Waals surface area contributed by atoms with E-state index in [-0.39, 0.29) is 11.9 Å². The molecule has 1 unspecified atom stereocenters. The molecule has 0 spiro atoms. The number of hydrogen-bond acceptors (Lipinski definition) is 5. The molecule has 0 aliphatic heterocycles. The number of benzene rings is 1. The van der Waals surface area contributed by atoms with Crippen molar-refractivity contribution in [2.45, 2.75) is 25.4 Å². The first-order valence-corrected chi connectivity index (χ1v) is 10.6. The molecule has 1 atom stereocenters. The van der Waals surface area contributed by atoms with Crippen molar-refractivity contribution in [2.75, 3.05) is 12.0 Å². The number of thioether (sulfide) groups is 1. The topological polar surface area (TPSA) is 77.1 Å². The minimum Gasteiger partial charge on any atom is -0.346 e. The lowest BCUT2D eigenvalue weighted by Crippen LogP contribution is -2.31. The lowest BCUT2D eigenvalue weighted by molar-refractivity contribution is -0.122. The Balaban J connectivity index is 1.46. The van der Waals surface area contributed by atoms with E-state index in [2.05, 4.69) is 26.8 Å². The van der Waals surface area contributed by atoms with E-state index in [4.69, 9.17) is 0 Å². The third kappa shape index (κ3) is 3.87. The van der Waals surface area contributed by atoms with Gasteiger partial charge in [-0.05, 0) is 42.7 Å². The average Bonchev–Trinajstić information content (AvgIpc) is 3.34. The fourth-order valence-electron chi connectivity index (χ4n) is 3.28. The summed E-state index contributed by atoms with van der Waals surface area (Å²) in [5, 5.41) is 11.7. The van der Waals surface area contributed by atoms with Crippen molar-refractivity contribution in [1.29, 1.82) is 0 Å². The monoisotopic (exact) mass is 394 g/mol. The zero-order valence-electron chi connectivity index (χ0n) is 15.7. The molecule has 1 N–H and O–H groups in total. The van der Waals surface area contributed by atoms with Crippen LogP contribution < -0.4 is 5.32 Å². The van der Waals surface area contributed by atoms with Crippen LogP contribution in [0.1, 0.15) is 24.7 Å². The maximum Gasteiger partial charge on any atom is 0.222 e. The van der Waals surface area contributed by atoms with Crippen molar-refractivity contribution < 1.29 is 4.79 Å². The third-order valence-electron chi connectivity index (χ3n) is 4.70. The Morgan fingerprint density at radius 1 is 1.18 bits per heavy atom. The Morgan fingerprint density at radius 2 is 2.04 bits per heavy atom. The van der Waals surface area contributed by atoms with Crippen molar-refractivity contribution in [3.63, 3.8) is 0 Å². The number of hydrogen-bond donors (Lipinski definition) is 1. The van der Waals surface area contributed by atoms with Gasteiger partial charge in [-0.3, -0.25) is 9.20 Å². The molecule has 3 aromatic heterocycles. The van der Waals surface area contributed by atoms with Gasteiger partial charge in [0.05, 0.1) is 23.4 Å². The molecule has 0 saturated heterocycles. The van der Waals surface area contributed by atoms with Crippen molar-refractivity contribution in [3.05, 3.63) is 60.8 Å². The molecule has 7 nitrogen and oxygen atoms in total. The summed E-state index contributed by atoms with van der Waals surface area (Å²) in [7, 11) is 0. The maximum atomic E-state index is 12.7. The Bertz CT molecular complexity index is 1090. The molecule has 0 aliphatic rings. The zero-order valence-corrected chi connectivity index (χ0v) is 16.5. The van der Waals surface area contributed by atoms with Crippen LogP contribution in [0.4, 0.5) is 0 Å². The van der Waals surface area contributed by atoms with Gasteiger partial charge in [0.25, 0.3) is 0 Å². The second-order valence-corrected chi connectivity index (χ2v) is 7.55. The van der Waals surface area contributed by atoms with E-state index < -0.39 is 0 Å². The van der Waals surface area contributed by atoms with E-state index >= 15 is 0 Å². The number of nitrogens with one attached hydrogen (secondary N) is 1. The first kappa shape index (κ1) is 18.5. The van der Waals surface area contributed by atoms with Crippen molar-refractivity contribution >= 4 is 34.3 Å². The first-order valence-electron chi connectivity index (χ1n) is 9.24. The molecule has 0 fully saturated rings. The third-order valence-corrected chi connectivity index (χ3v) is 5.35. The van der Waals surface area contributed by atoms with Gasteiger partial charge in [0.2, 0.25) is 5.91 Å². The van der Waals surface area contributed by atoms with Gasteiger partial charge in [-0.1, -0.05) is 18.2 Å². The van der Waals surface area contributed by atoms with E-state index in [1.807, 2.05) is 57.6 Å². The smallest absolute Gasteiger partial charge is 0.222 e. The minimum absolute atomic E-state index is 0.00318. The van der Waals surface area contributed by atoms with Crippen LogP contribution in [0.15, 0.2) is 55.0 Å². The van der Waals surface area contributed by atoms with Crippen molar-refractivity contribution in [3.8, 4) is 0 Å². The van der Waals surface area contributed by atoms with Crippen molar-refractivity contribution in [2.24, 2.45) is 0 Å². The van der Waals surface area contributed by atoms with Crippen LogP contribution >= 0.6 is 11.8 Å². The summed E-state index contributed by atoms with van der Waals surface area (Å²) in [6, 6.07) is 13.5. The van der Waals surface area contributed by atoms with Crippen molar-refractivity contribution in [1.82, 2.24) is 29.5 Å². The lowest BCUT2D eigenvalue weighted by atomic mass is 10.2. The number of para-hydroxylation sites is 2. The molecule has 3 heterocycles. The predicted octanol–water partition coefficient (Wildman–Crippen LogP) is 3.08. The molecule has 0 bridgehead atoms. The number of fused-ring (bicyclic) bond motifs is 2. The minimum atomic E-state index is -0.170. The molecule has 1 aromatic carbocycles. The Labute approximate surface area is 167 Å². The lowest BCUT2D eigenvalue weighted by Gasteiger charge is -2.17. The summed E-state index contributed by atoms with van der Waals surface area (Å²) >= 11 is 1.75. The highest BCUT2D eigenvalue weighted by molar-refractivity contribution is 7.98. The number of amides is 1. The predicted molar refractivity (Wildman–Crippen MR) is 111 cm³/mol. The largest absolute Gasteiger partial charge is 0.346 e. The fourth-order valence-corrected chi connectivity index (χ4v) is 3.75. The highest BCUT2D eigenvalue weighted by Crippen LogP contribution is 2.19. The van der Waals surface area contributed by atoms with Gasteiger partial charge in [0, 0.05) is 19.2 Å². The Kier molecular flexibility index (Phi) is 5.57. The van der Waals surface area contributed by atoms with Crippen LogP contribution in [0.5, 0.6) is 0 Å². The molecule has 8 heteroatoms. The number of carbonyl (C=O) groups excluding carboxylic acids is 1. The van der Waals surface area contributed by atoms with Gasteiger partial charge in [-0.2, -0.15) is 11.8 Å². The number of nitrogens with zero attached hydrogens (tertiary/aromatic N) is 5. The summed E-state index contributed by atoms with van der Waals surface area (Å²) in [5.41, 5.74) is 2.76. The van der Waals surface area contributed by atoms with Gasteiger partial charge >= 0.3 is 0 Å². The van der Waals surface area contributed by atoms with Crippen LogP contribution in [-0.4, -0.2) is 42.1 Å². The molecule has 28 heavy (non-hydrogen) atoms. The van der Waals surface area contributed by atoms with Gasteiger partial charge in [-0.15, -0.1) is 10.2 Å². The summed E-state index contributed by atoms with van der Waals surface area (Å²) in [6.07, 6.45) is 6.96. The average molecular weight is 395 g/mol. The second kappa shape index (κ2) is 8.43. The fraction of sp³-hybridized carbons (Fsp3) is 0.300. The zero-order chi connectivity index (χ0) is 19.3. The van der Waals surface area contributed by atoms with E-state index in [1.54, 1.807) is 18.1 Å². The quantitative estimate of drug-likeness (QED) is 0.497.